The molecule has 5 atom stereocenters. The highest BCUT2D eigenvalue weighted by Gasteiger charge is 2.51. The maximum Gasteiger partial charge on any atom is 0.534 e. The van der Waals surface area contributed by atoms with Crippen LogP contribution in [0.4, 0.5) is 13.2 Å². The Bertz CT molecular complexity index is 1450. The summed E-state index contributed by atoms with van der Waals surface area (Å²) in [7, 11) is -8.23. The highest BCUT2D eigenvalue weighted by molar-refractivity contribution is 7.87. The van der Waals surface area contributed by atoms with E-state index >= 15 is 0 Å². The minimum absolute atomic E-state index is 0.0141. The van der Waals surface area contributed by atoms with Crippen molar-refractivity contribution in [1.82, 2.24) is 4.98 Å². The molecule has 9 nitrogen and oxygen atoms in total. The number of alkyl halides is 3. The van der Waals surface area contributed by atoms with Crippen molar-refractivity contribution in [1.29, 1.82) is 0 Å². The van der Waals surface area contributed by atoms with Crippen molar-refractivity contribution < 1.29 is 49.2 Å². The number of methoxy groups -OCH3 is 1. The lowest BCUT2D eigenvalue weighted by Gasteiger charge is -2.49. The molecule has 2 rings (SSSR count). The molecule has 2 heterocycles. The maximum absolute atomic E-state index is 12.9. The molecular weight excluding hydrogens is 708 g/mol. The number of aliphatic hydroxyl groups is 1. The Morgan fingerprint density at radius 3 is 2.26 bits per heavy atom. The molecule has 50 heavy (non-hydrogen) atoms. The van der Waals surface area contributed by atoms with E-state index in [1.54, 1.807) is 7.11 Å². The van der Waals surface area contributed by atoms with Crippen LogP contribution >= 0.6 is 0 Å². The number of hydrogen-bond acceptors (Lipinski definition) is 9. The predicted molar refractivity (Wildman–Crippen MR) is 194 cm³/mol. The highest BCUT2D eigenvalue weighted by atomic mass is 32.2. The van der Waals surface area contributed by atoms with Crippen molar-refractivity contribution in [2.45, 2.75) is 147 Å². The average Bonchev–Trinajstić information content (AvgIpc) is 3.39. The fourth-order valence-corrected chi connectivity index (χ4v) is 13.4. The van der Waals surface area contributed by atoms with E-state index in [2.05, 4.69) is 87.9 Å². The van der Waals surface area contributed by atoms with Crippen molar-refractivity contribution >= 4 is 26.5 Å². The van der Waals surface area contributed by atoms with E-state index < -0.39 is 55.7 Å². The third kappa shape index (κ3) is 12.3. The van der Waals surface area contributed by atoms with Crippen LogP contribution in [-0.4, -0.2) is 78.0 Å². The predicted octanol–water partition coefficient (Wildman–Crippen LogP) is 8.34. The molecule has 0 bridgehead atoms. The minimum Gasteiger partial charge on any atom is -0.445 e. The lowest BCUT2D eigenvalue weighted by molar-refractivity contribution is -0.166. The number of aliphatic hydroxyl groups excluding tert-OH is 1. The summed E-state index contributed by atoms with van der Waals surface area (Å²) in [6.45, 7) is 23.5. The molecule has 1 N–H and O–H groups in total. The number of halogens is 3. The van der Waals surface area contributed by atoms with Crippen LogP contribution in [0, 0.1) is 17.4 Å². The van der Waals surface area contributed by atoms with E-state index in [0.29, 0.717) is 25.5 Å². The third-order valence-corrected chi connectivity index (χ3v) is 17.0. The number of nitrogens with zero attached hydrogens (tertiary/aromatic N) is 1. The number of hydrogen-bond donors (Lipinski definition) is 1. The molecule has 0 aliphatic carbocycles. The Balaban J connectivity index is 2.52. The molecule has 0 amide bonds. The van der Waals surface area contributed by atoms with Crippen LogP contribution in [0.5, 0.6) is 5.88 Å². The molecule has 1 aromatic rings. The number of allylic oxidation sites excluding steroid dienone is 2. The number of rotatable bonds is 16. The maximum atomic E-state index is 12.9. The monoisotopic (exact) mass is 765 g/mol. The summed E-state index contributed by atoms with van der Waals surface area (Å²) >= 11 is 0. The van der Waals surface area contributed by atoms with Gasteiger partial charge in [-0.2, -0.15) is 26.6 Å². The van der Waals surface area contributed by atoms with Crippen LogP contribution in [0.2, 0.25) is 36.3 Å². The van der Waals surface area contributed by atoms with E-state index in [4.69, 9.17) is 18.3 Å². The normalized spacial score (nSPS) is 22.7. The van der Waals surface area contributed by atoms with Gasteiger partial charge < -0.3 is 27.6 Å². The zero-order valence-electron chi connectivity index (χ0n) is 31.7. The van der Waals surface area contributed by atoms with Gasteiger partial charge in [-0.15, -0.1) is 11.5 Å². The highest BCUT2D eigenvalue weighted by Crippen LogP contribution is 2.45. The van der Waals surface area contributed by atoms with Crippen molar-refractivity contribution in [2.75, 3.05) is 13.7 Å². The fraction of sp³-hybridized carbons (Fsp3) is 0.743. The van der Waals surface area contributed by atoms with Gasteiger partial charge in [0.15, 0.2) is 12.2 Å². The van der Waals surface area contributed by atoms with Gasteiger partial charge in [0.25, 0.3) is 5.88 Å². The largest absolute Gasteiger partial charge is 0.534 e. The van der Waals surface area contributed by atoms with Gasteiger partial charge >= 0.3 is 15.6 Å². The van der Waals surface area contributed by atoms with Crippen LogP contribution in [0.3, 0.4) is 0 Å². The molecule has 1 saturated heterocycles. The summed E-state index contributed by atoms with van der Waals surface area (Å²) < 4.78 is 90.9. The van der Waals surface area contributed by atoms with E-state index in [1.807, 2.05) is 26.0 Å². The molecule has 1 fully saturated rings. The lowest BCUT2D eigenvalue weighted by Crippen LogP contribution is -2.55. The Kier molecular flexibility index (Phi) is 15.7. The first kappa shape index (κ1) is 44.2. The first-order valence-corrected chi connectivity index (χ1v) is 24.2. The van der Waals surface area contributed by atoms with Gasteiger partial charge in [-0.1, -0.05) is 85.0 Å². The van der Waals surface area contributed by atoms with E-state index in [9.17, 15) is 26.7 Å². The van der Waals surface area contributed by atoms with Gasteiger partial charge in [0.2, 0.25) is 8.32 Å². The van der Waals surface area contributed by atoms with E-state index in [0.717, 1.165) is 5.57 Å². The third-order valence-electron chi connectivity index (χ3n) is 9.00. The second kappa shape index (κ2) is 17.7. The number of oxazole rings is 1. The van der Waals surface area contributed by atoms with Crippen LogP contribution in [-0.2, 0) is 30.4 Å². The zero-order valence-corrected chi connectivity index (χ0v) is 34.5. The van der Waals surface area contributed by atoms with Gasteiger partial charge in [0.1, 0.15) is 8.07 Å². The van der Waals surface area contributed by atoms with Crippen molar-refractivity contribution in [3.63, 3.8) is 0 Å². The molecule has 0 aromatic carbocycles. The summed E-state index contributed by atoms with van der Waals surface area (Å²) in [5, 5.41) is 10.4. The zero-order chi connectivity index (χ0) is 38.3. The van der Waals surface area contributed by atoms with Gasteiger partial charge in [0, 0.05) is 20.1 Å². The van der Waals surface area contributed by atoms with Crippen LogP contribution in [0.1, 0.15) is 80.5 Å². The first-order valence-electron chi connectivity index (χ1n) is 17.2. The molecule has 0 radical (unpaired) electrons. The SMILES string of the molecule is CO[C@@H](/C=C/C(C)=C/[C@@H](O[Si](C(C)C)(C(C)C)C(C)C)[C@H]1C[C@@H](CO)C[C@@](C)(Cc2nc(OS(=O)(=O)C(F)(F)F)co2)O1)CC#C[Si](C)(C)C. The summed E-state index contributed by atoms with van der Waals surface area (Å²) in [5.74, 6) is 2.18. The molecule has 1 aromatic heterocycles. The second-order valence-corrected chi connectivity index (χ2v) is 27.2. The molecule has 15 heteroatoms. The Morgan fingerprint density at radius 1 is 1.16 bits per heavy atom. The van der Waals surface area contributed by atoms with Gasteiger partial charge in [-0.05, 0) is 49.2 Å². The Morgan fingerprint density at radius 2 is 1.76 bits per heavy atom. The molecule has 286 valence electrons. The van der Waals surface area contributed by atoms with Crippen LogP contribution in [0.15, 0.2) is 34.5 Å². The van der Waals surface area contributed by atoms with Gasteiger partial charge in [-0.25, -0.2) is 0 Å². The second-order valence-electron chi connectivity index (χ2n) is 15.5. The van der Waals surface area contributed by atoms with Crippen molar-refractivity contribution in [2.24, 2.45) is 5.92 Å². The molecule has 1 aliphatic rings. The molecule has 0 saturated carbocycles. The molecule has 1 aliphatic heterocycles. The fourth-order valence-electron chi connectivity index (χ4n) is 6.91. The summed E-state index contributed by atoms with van der Waals surface area (Å²) in [4.78, 5) is 3.85. The van der Waals surface area contributed by atoms with Crippen molar-refractivity contribution in [3.05, 3.63) is 36.0 Å². The lowest BCUT2D eigenvalue weighted by atomic mass is 9.81. The summed E-state index contributed by atoms with van der Waals surface area (Å²) in [6, 6.07) is 0. The van der Waals surface area contributed by atoms with Crippen LogP contribution < -0.4 is 4.18 Å². The standard InChI is InChI=1S/C35H58F3NO8SSi2/c1-24(2)50(25(3)4,26(5)6)47-31(18-27(7)15-16-29(43-9)14-13-17-49(10,11)12)30-19-28(22-40)20-34(8,45-30)21-32-39-33(23-44-32)46-48(41,42)35(36,37)38/h15-16,18,23-26,28-31,40H,14,19-22H2,1-12H3/b16-15+,27-18+/t28-,29-,30-,31-,34+/m1/s1. The van der Waals surface area contributed by atoms with Gasteiger partial charge in [-0.3, -0.25) is 0 Å². The molecule has 0 spiro atoms. The van der Waals surface area contributed by atoms with E-state index in [1.165, 1.54) is 0 Å². The Labute approximate surface area is 299 Å². The first-order chi connectivity index (χ1) is 22.9. The smallest absolute Gasteiger partial charge is 0.445 e. The average molecular weight is 766 g/mol. The minimum atomic E-state index is -5.92. The van der Waals surface area contributed by atoms with E-state index in [-0.39, 0.29) is 47.6 Å². The number of ether oxygens (including phenoxy) is 2. The van der Waals surface area contributed by atoms with Gasteiger partial charge in [0.05, 0.1) is 30.3 Å². The molecular formula is C35H58F3NO8SSi2. The quantitative estimate of drug-likeness (QED) is 0.0583. The topological polar surface area (TPSA) is 117 Å². The molecule has 0 unspecified atom stereocenters. The number of aromatic nitrogens is 1. The summed E-state index contributed by atoms with van der Waals surface area (Å²) in [6.07, 6.45) is 7.03. The Hall–Kier alpha value is -1.94. The van der Waals surface area contributed by atoms with Crippen LogP contribution in [0.25, 0.3) is 0 Å². The summed E-state index contributed by atoms with van der Waals surface area (Å²) in [5.41, 5.74) is -1.46. The van der Waals surface area contributed by atoms with Crippen molar-refractivity contribution in [3.8, 4) is 17.3 Å².